The summed E-state index contributed by atoms with van der Waals surface area (Å²) in [6, 6.07) is 8.31. The predicted molar refractivity (Wildman–Crippen MR) is 47.8 cm³/mol. The van der Waals surface area contributed by atoms with Gasteiger partial charge in [0.25, 0.3) is 0 Å². The van der Waals surface area contributed by atoms with Crippen molar-refractivity contribution in [3.63, 3.8) is 0 Å². The van der Waals surface area contributed by atoms with Gasteiger partial charge in [0, 0.05) is 0 Å². The number of aryl methyl sites for hydroxylation is 1. The van der Waals surface area contributed by atoms with Crippen molar-refractivity contribution in [2.45, 2.75) is 25.7 Å². The van der Waals surface area contributed by atoms with Crippen LogP contribution in [0, 0.1) is 11.3 Å². The van der Waals surface area contributed by atoms with Crippen LogP contribution in [0.15, 0.2) is 18.2 Å². The maximum Gasteiger partial charge on any atom is 0.0994 e. The van der Waals surface area contributed by atoms with Crippen molar-refractivity contribution in [2.24, 2.45) is 0 Å². The molecule has 0 fully saturated rings. The Morgan fingerprint density at radius 3 is 2.83 bits per heavy atom. The van der Waals surface area contributed by atoms with Crippen LogP contribution in [0.1, 0.15) is 29.5 Å². The number of benzene rings is 1. The van der Waals surface area contributed by atoms with Crippen molar-refractivity contribution in [1.29, 1.82) is 5.26 Å². The summed E-state index contributed by atoms with van der Waals surface area (Å²) in [6.45, 7) is 0. The topological polar surface area (TPSA) is 23.8 Å². The molecular formula is C11H11N. The molecule has 0 unspecified atom stereocenters. The molecule has 1 aliphatic rings. The van der Waals surface area contributed by atoms with Gasteiger partial charge in [0.05, 0.1) is 11.6 Å². The quantitative estimate of drug-likeness (QED) is 0.567. The SMILES string of the molecule is N#Cc1cccc2c1CCCC2. The van der Waals surface area contributed by atoms with Gasteiger partial charge in [-0.1, -0.05) is 12.1 Å². The van der Waals surface area contributed by atoms with E-state index in [1.54, 1.807) is 0 Å². The fourth-order valence-corrected chi connectivity index (χ4v) is 1.89. The van der Waals surface area contributed by atoms with Crippen molar-refractivity contribution >= 4 is 0 Å². The lowest BCUT2D eigenvalue weighted by atomic mass is 9.89. The first kappa shape index (κ1) is 7.36. The molecule has 0 heterocycles. The van der Waals surface area contributed by atoms with Crippen LogP contribution in [-0.4, -0.2) is 0 Å². The van der Waals surface area contributed by atoms with Crippen molar-refractivity contribution < 1.29 is 0 Å². The normalized spacial score (nSPS) is 14.9. The van der Waals surface area contributed by atoms with E-state index in [-0.39, 0.29) is 0 Å². The molecule has 60 valence electrons. The van der Waals surface area contributed by atoms with Gasteiger partial charge >= 0.3 is 0 Å². The fraction of sp³-hybridized carbons (Fsp3) is 0.364. The number of hydrogen-bond donors (Lipinski definition) is 0. The molecule has 1 aromatic rings. The maximum absolute atomic E-state index is 8.84. The van der Waals surface area contributed by atoms with Crippen LogP contribution < -0.4 is 0 Å². The molecule has 0 amide bonds. The highest BCUT2D eigenvalue weighted by molar-refractivity contribution is 5.43. The van der Waals surface area contributed by atoms with E-state index in [2.05, 4.69) is 12.1 Å². The Labute approximate surface area is 72.6 Å². The van der Waals surface area contributed by atoms with Gasteiger partial charge in [-0.3, -0.25) is 0 Å². The van der Waals surface area contributed by atoms with Crippen molar-refractivity contribution in [2.75, 3.05) is 0 Å². The van der Waals surface area contributed by atoms with Crippen LogP contribution in [0.4, 0.5) is 0 Å². The van der Waals surface area contributed by atoms with Crippen molar-refractivity contribution in [1.82, 2.24) is 0 Å². The van der Waals surface area contributed by atoms with E-state index in [1.165, 1.54) is 24.0 Å². The minimum Gasteiger partial charge on any atom is -0.192 e. The molecule has 0 saturated carbocycles. The third kappa shape index (κ3) is 1.10. The van der Waals surface area contributed by atoms with Gasteiger partial charge in [0.15, 0.2) is 0 Å². The molecule has 0 aromatic heterocycles. The Hall–Kier alpha value is -1.29. The zero-order valence-corrected chi connectivity index (χ0v) is 7.01. The van der Waals surface area contributed by atoms with Gasteiger partial charge in [-0.2, -0.15) is 5.26 Å². The second kappa shape index (κ2) is 2.98. The molecule has 2 rings (SSSR count). The van der Waals surface area contributed by atoms with Crippen LogP contribution >= 0.6 is 0 Å². The van der Waals surface area contributed by atoms with Crippen LogP contribution in [0.3, 0.4) is 0 Å². The average Bonchev–Trinajstić information content (AvgIpc) is 2.17. The molecule has 0 atom stereocenters. The second-order valence-corrected chi connectivity index (χ2v) is 3.26. The molecule has 1 nitrogen and oxygen atoms in total. The monoisotopic (exact) mass is 157 g/mol. The summed E-state index contributed by atoms with van der Waals surface area (Å²) in [5.41, 5.74) is 3.57. The molecular weight excluding hydrogens is 146 g/mol. The number of nitrogens with zero attached hydrogens (tertiary/aromatic N) is 1. The molecule has 0 N–H and O–H groups in total. The van der Waals surface area contributed by atoms with E-state index in [0.717, 1.165) is 18.4 Å². The highest BCUT2D eigenvalue weighted by Crippen LogP contribution is 2.23. The van der Waals surface area contributed by atoms with E-state index in [1.807, 2.05) is 12.1 Å². The number of nitriles is 1. The van der Waals surface area contributed by atoms with E-state index < -0.39 is 0 Å². The molecule has 0 saturated heterocycles. The average molecular weight is 157 g/mol. The van der Waals surface area contributed by atoms with Gasteiger partial charge < -0.3 is 0 Å². The van der Waals surface area contributed by atoms with Crippen LogP contribution in [-0.2, 0) is 12.8 Å². The molecule has 0 bridgehead atoms. The Morgan fingerprint density at radius 1 is 1.17 bits per heavy atom. The summed E-state index contributed by atoms with van der Waals surface area (Å²) >= 11 is 0. The van der Waals surface area contributed by atoms with Crippen molar-refractivity contribution in [3.8, 4) is 6.07 Å². The highest BCUT2D eigenvalue weighted by Gasteiger charge is 2.11. The first-order valence-electron chi connectivity index (χ1n) is 4.42. The standard InChI is InChI=1S/C11H11N/c12-8-10-6-3-5-9-4-1-2-7-11(9)10/h3,5-6H,1-2,4,7H2. The predicted octanol–water partition coefficient (Wildman–Crippen LogP) is 2.44. The first-order valence-corrected chi connectivity index (χ1v) is 4.42. The first-order chi connectivity index (χ1) is 5.92. The van der Waals surface area contributed by atoms with Crippen LogP contribution in [0.5, 0.6) is 0 Å². The summed E-state index contributed by atoms with van der Waals surface area (Å²) in [5, 5.41) is 8.84. The van der Waals surface area contributed by atoms with Gasteiger partial charge in [-0.25, -0.2) is 0 Å². The van der Waals surface area contributed by atoms with Gasteiger partial charge in [0.2, 0.25) is 0 Å². The maximum atomic E-state index is 8.84. The Balaban J connectivity index is 2.53. The molecule has 0 spiro atoms. The fourth-order valence-electron chi connectivity index (χ4n) is 1.89. The smallest absolute Gasteiger partial charge is 0.0994 e. The molecule has 12 heavy (non-hydrogen) atoms. The Morgan fingerprint density at radius 2 is 2.00 bits per heavy atom. The molecule has 1 heteroatoms. The summed E-state index contributed by atoms with van der Waals surface area (Å²) in [6.07, 6.45) is 4.78. The zero-order chi connectivity index (χ0) is 8.39. The van der Waals surface area contributed by atoms with Crippen LogP contribution in [0.2, 0.25) is 0 Å². The van der Waals surface area contributed by atoms with E-state index in [0.29, 0.717) is 0 Å². The van der Waals surface area contributed by atoms with E-state index in [4.69, 9.17) is 5.26 Å². The largest absolute Gasteiger partial charge is 0.192 e. The lowest BCUT2D eigenvalue weighted by Crippen LogP contribution is -2.04. The lowest BCUT2D eigenvalue weighted by Gasteiger charge is -2.15. The number of hydrogen-bond acceptors (Lipinski definition) is 1. The summed E-state index contributed by atoms with van der Waals surface area (Å²) < 4.78 is 0. The van der Waals surface area contributed by atoms with Crippen LogP contribution in [0.25, 0.3) is 0 Å². The molecule has 0 radical (unpaired) electrons. The van der Waals surface area contributed by atoms with E-state index in [9.17, 15) is 0 Å². The minimum atomic E-state index is 0.882. The third-order valence-electron chi connectivity index (χ3n) is 2.52. The van der Waals surface area contributed by atoms with Gasteiger partial charge in [-0.15, -0.1) is 0 Å². The Kier molecular flexibility index (Phi) is 1.83. The third-order valence-corrected chi connectivity index (χ3v) is 2.52. The number of fused-ring (bicyclic) bond motifs is 1. The highest BCUT2D eigenvalue weighted by atomic mass is 14.3. The van der Waals surface area contributed by atoms with Gasteiger partial charge in [-0.05, 0) is 42.9 Å². The summed E-state index contributed by atoms with van der Waals surface area (Å²) in [5.74, 6) is 0. The zero-order valence-electron chi connectivity index (χ0n) is 7.01. The molecule has 1 aliphatic carbocycles. The molecule has 0 aliphatic heterocycles. The summed E-state index contributed by atoms with van der Waals surface area (Å²) in [4.78, 5) is 0. The minimum absolute atomic E-state index is 0.882. The lowest BCUT2D eigenvalue weighted by molar-refractivity contribution is 0.684. The second-order valence-electron chi connectivity index (χ2n) is 3.26. The number of rotatable bonds is 0. The van der Waals surface area contributed by atoms with Gasteiger partial charge in [0.1, 0.15) is 0 Å². The van der Waals surface area contributed by atoms with Crippen molar-refractivity contribution in [3.05, 3.63) is 34.9 Å². The molecule has 1 aromatic carbocycles. The summed E-state index contributed by atoms with van der Waals surface area (Å²) in [7, 11) is 0. The Bertz CT molecular complexity index is 333. The van der Waals surface area contributed by atoms with E-state index >= 15 is 0 Å².